The summed E-state index contributed by atoms with van der Waals surface area (Å²) in [7, 11) is 0. The number of nitrogens with zero attached hydrogens (tertiary/aromatic N) is 1. The van der Waals surface area contributed by atoms with Gasteiger partial charge in [-0.2, -0.15) is 0 Å². The van der Waals surface area contributed by atoms with Crippen LogP contribution in [0.15, 0.2) is 0 Å². The summed E-state index contributed by atoms with van der Waals surface area (Å²) in [4.78, 5) is 13.3. The quantitative estimate of drug-likeness (QED) is 0.643. The van der Waals surface area contributed by atoms with Crippen molar-refractivity contribution in [1.82, 2.24) is 4.90 Å². The first-order valence-corrected chi connectivity index (χ1v) is 5.53. The van der Waals surface area contributed by atoms with Crippen LogP contribution < -0.4 is 0 Å². The summed E-state index contributed by atoms with van der Waals surface area (Å²) < 4.78 is 0. The van der Waals surface area contributed by atoms with Gasteiger partial charge in [0, 0.05) is 19.5 Å². The minimum atomic E-state index is 0.379. The molecule has 1 unspecified atom stereocenters. The number of amides is 1. The van der Waals surface area contributed by atoms with E-state index in [1.165, 1.54) is 12.8 Å². The number of hydrogen-bond acceptors (Lipinski definition) is 1. The summed E-state index contributed by atoms with van der Waals surface area (Å²) in [6, 6.07) is 0. The molecule has 2 rings (SSSR count). The molecule has 2 heteroatoms. The average Bonchev–Trinajstić information content (AvgIpc) is 2.85. The van der Waals surface area contributed by atoms with E-state index in [4.69, 9.17) is 0 Å². The van der Waals surface area contributed by atoms with Gasteiger partial charge in [-0.3, -0.25) is 4.79 Å². The summed E-state index contributed by atoms with van der Waals surface area (Å²) in [5.41, 5.74) is 0. The predicted molar refractivity (Wildman–Crippen MR) is 54.4 cm³/mol. The van der Waals surface area contributed by atoms with Crippen molar-refractivity contribution >= 4 is 5.91 Å². The molecule has 2 nitrogen and oxygen atoms in total. The van der Waals surface area contributed by atoms with E-state index in [1.54, 1.807) is 0 Å². The fraction of sp³-hybridized carbons (Fsp3) is 0.909. The van der Waals surface area contributed by atoms with Crippen molar-refractivity contribution in [3.8, 4) is 0 Å². The van der Waals surface area contributed by atoms with E-state index in [-0.39, 0.29) is 0 Å². The van der Waals surface area contributed by atoms with E-state index in [1.807, 2.05) is 18.7 Å². The Morgan fingerprint density at radius 3 is 2.38 bits per heavy atom. The van der Waals surface area contributed by atoms with E-state index in [0.29, 0.717) is 11.8 Å². The van der Waals surface area contributed by atoms with Crippen LogP contribution in [-0.2, 0) is 4.79 Å². The van der Waals surface area contributed by atoms with Crippen molar-refractivity contribution in [2.24, 2.45) is 11.8 Å². The molecule has 1 atom stereocenters. The minimum absolute atomic E-state index is 0.379. The van der Waals surface area contributed by atoms with Crippen molar-refractivity contribution in [2.75, 3.05) is 13.1 Å². The van der Waals surface area contributed by atoms with E-state index in [2.05, 4.69) is 6.92 Å². The topological polar surface area (TPSA) is 20.3 Å². The van der Waals surface area contributed by atoms with Crippen molar-refractivity contribution in [3.63, 3.8) is 0 Å². The number of hydrogen-bond donors (Lipinski definition) is 0. The highest BCUT2D eigenvalue weighted by Crippen LogP contribution is 2.31. The second kappa shape index (κ2) is 4.64. The van der Waals surface area contributed by atoms with Crippen LogP contribution in [0, 0.1) is 11.8 Å². The van der Waals surface area contributed by atoms with Crippen LogP contribution in [-0.4, -0.2) is 23.9 Å². The lowest BCUT2D eigenvalue weighted by atomic mass is 10.2. The molecule has 0 spiro atoms. The first-order valence-electron chi connectivity index (χ1n) is 5.53. The summed E-state index contributed by atoms with van der Waals surface area (Å²) in [6.45, 7) is 8.21. The fourth-order valence-corrected chi connectivity index (χ4v) is 1.76. The first kappa shape index (κ1) is 10.6. The molecule has 2 fully saturated rings. The van der Waals surface area contributed by atoms with Crippen molar-refractivity contribution in [2.45, 2.75) is 40.0 Å². The third-order valence-electron chi connectivity index (χ3n) is 2.58. The number of carbonyl (C=O) groups is 1. The molecule has 0 aromatic rings. The Hall–Kier alpha value is -0.530. The van der Waals surface area contributed by atoms with Gasteiger partial charge in [0.05, 0.1) is 0 Å². The third kappa shape index (κ3) is 3.02. The van der Waals surface area contributed by atoms with Gasteiger partial charge in [-0.25, -0.2) is 0 Å². The summed E-state index contributed by atoms with van der Waals surface area (Å²) in [6.07, 6.45) is 3.48. The summed E-state index contributed by atoms with van der Waals surface area (Å²) in [5, 5.41) is 0. The van der Waals surface area contributed by atoms with E-state index in [9.17, 15) is 4.79 Å². The largest absolute Gasteiger partial charge is 0.342 e. The molecule has 1 saturated carbocycles. The Morgan fingerprint density at radius 2 is 2.00 bits per heavy atom. The van der Waals surface area contributed by atoms with Crippen LogP contribution in [0.25, 0.3) is 0 Å². The maximum atomic E-state index is 11.3. The summed E-state index contributed by atoms with van der Waals surface area (Å²) in [5.74, 6) is 1.83. The van der Waals surface area contributed by atoms with Gasteiger partial charge >= 0.3 is 0 Å². The Morgan fingerprint density at radius 1 is 1.38 bits per heavy atom. The fourth-order valence-electron chi connectivity index (χ4n) is 1.76. The Bertz CT molecular complexity index is 175. The number of rotatable bonds is 2. The molecule has 0 N–H and O–H groups in total. The zero-order valence-corrected chi connectivity index (χ0v) is 9.05. The van der Waals surface area contributed by atoms with Gasteiger partial charge in [0.2, 0.25) is 5.91 Å². The van der Waals surface area contributed by atoms with Gasteiger partial charge in [-0.15, -0.1) is 0 Å². The van der Waals surface area contributed by atoms with E-state index in [0.717, 1.165) is 25.4 Å². The van der Waals surface area contributed by atoms with Crippen LogP contribution in [0.1, 0.15) is 40.0 Å². The lowest BCUT2D eigenvalue weighted by molar-refractivity contribution is -0.127. The lowest BCUT2D eigenvalue weighted by Crippen LogP contribution is -2.27. The molecular formula is C11H21NO. The maximum Gasteiger partial charge on any atom is 0.222 e. The molecule has 2 aliphatic rings. The molecule has 1 heterocycles. The Labute approximate surface area is 81.3 Å². The molecule has 76 valence electrons. The standard InChI is InChI=1S/C9H15NO.C2H6/c1-7-4-9(11)10(5-7)6-8-2-3-8;1-2/h7-8H,2-6H2,1H3;1-2H3. The van der Waals surface area contributed by atoms with Crippen LogP contribution in [0.4, 0.5) is 0 Å². The third-order valence-corrected chi connectivity index (χ3v) is 2.58. The lowest BCUT2D eigenvalue weighted by Gasteiger charge is -2.14. The normalized spacial score (nSPS) is 27.2. The molecule has 0 radical (unpaired) electrons. The van der Waals surface area contributed by atoms with Crippen LogP contribution in [0.5, 0.6) is 0 Å². The van der Waals surface area contributed by atoms with Gasteiger partial charge in [0.15, 0.2) is 0 Å². The molecule has 1 amide bonds. The molecule has 0 aromatic carbocycles. The van der Waals surface area contributed by atoms with Gasteiger partial charge in [0.25, 0.3) is 0 Å². The monoisotopic (exact) mass is 183 g/mol. The average molecular weight is 183 g/mol. The number of likely N-dealkylation sites (tertiary alicyclic amines) is 1. The highest BCUT2D eigenvalue weighted by atomic mass is 16.2. The SMILES string of the molecule is CC.CC1CC(=O)N(CC2CC2)C1. The van der Waals surface area contributed by atoms with Crippen LogP contribution in [0.3, 0.4) is 0 Å². The van der Waals surface area contributed by atoms with Crippen molar-refractivity contribution in [3.05, 3.63) is 0 Å². The second-order valence-corrected chi connectivity index (χ2v) is 4.05. The van der Waals surface area contributed by atoms with Crippen molar-refractivity contribution < 1.29 is 4.79 Å². The van der Waals surface area contributed by atoms with E-state index < -0.39 is 0 Å². The molecular weight excluding hydrogens is 162 g/mol. The minimum Gasteiger partial charge on any atom is -0.342 e. The van der Waals surface area contributed by atoms with Gasteiger partial charge in [-0.1, -0.05) is 20.8 Å². The van der Waals surface area contributed by atoms with Crippen LogP contribution in [0.2, 0.25) is 0 Å². The molecule has 0 bridgehead atoms. The smallest absolute Gasteiger partial charge is 0.222 e. The Balaban J connectivity index is 0.000000396. The highest BCUT2D eigenvalue weighted by Gasteiger charge is 2.31. The second-order valence-electron chi connectivity index (χ2n) is 4.05. The first-order chi connectivity index (χ1) is 6.25. The molecule has 0 aromatic heterocycles. The predicted octanol–water partition coefficient (Wildman–Crippen LogP) is 2.29. The van der Waals surface area contributed by atoms with Gasteiger partial charge in [-0.05, 0) is 24.7 Å². The van der Waals surface area contributed by atoms with Gasteiger partial charge in [0.1, 0.15) is 0 Å². The molecule has 13 heavy (non-hydrogen) atoms. The van der Waals surface area contributed by atoms with Gasteiger partial charge < -0.3 is 4.90 Å². The maximum absolute atomic E-state index is 11.3. The van der Waals surface area contributed by atoms with E-state index >= 15 is 0 Å². The molecule has 1 aliphatic carbocycles. The highest BCUT2D eigenvalue weighted by molar-refractivity contribution is 5.78. The number of carbonyl (C=O) groups excluding carboxylic acids is 1. The zero-order valence-electron chi connectivity index (χ0n) is 9.05. The Kier molecular flexibility index (Phi) is 3.76. The summed E-state index contributed by atoms with van der Waals surface area (Å²) >= 11 is 0. The van der Waals surface area contributed by atoms with Crippen LogP contribution >= 0.6 is 0 Å². The zero-order chi connectivity index (χ0) is 9.84. The van der Waals surface area contributed by atoms with Crippen molar-refractivity contribution in [1.29, 1.82) is 0 Å². The molecule has 1 aliphatic heterocycles. The molecule has 1 saturated heterocycles.